The molecular weight excluding hydrogens is 326 g/mol. The van der Waals surface area contributed by atoms with Gasteiger partial charge in [-0.15, -0.1) is 46.4 Å². The zero-order valence-corrected chi connectivity index (χ0v) is 12.8. The van der Waals surface area contributed by atoms with Crippen LogP contribution in [-0.2, 0) is 9.47 Å². The van der Waals surface area contributed by atoms with E-state index in [-0.39, 0.29) is 37.2 Å². The molecule has 0 spiro atoms. The van der Waals surface area contributed by atoms with Crippen molar-refractivity contribution in [2.45, 2.75) is 24.4 Å². The van der Waals surface area contributed by atoms with Crippen molar-refractivity contribution in [2.24, 2.45) is 0 Å². The van der Waals surface area contributed by atoms with Gasteiger partial charge in [-0.05, 0) is 0 Å². The number of epoxide rings is 1. The molecule has 1 aliphatic heterocycles. The zero-order valence-electron chi connectivity index (χ0n) is 9.77. The number of alkyl halides is 4. The van der Waals surface area contributed by atoms with E-state index in [9.17, 15) is 0 Å². The van der Waals surface area contributed by atoms with Gasteiger partial charge in [0.15, 0.2) is 0 Å². The fourth-order valence-corrected chi connectivity index (χ4v) is 1.60. The van der Waals surface area contributed by atoms with Crippen LogP contribution in [0.1, 0.15) is 0 Å². The van der Waals surface area contributed by atoms with Crippen molar-refractivity contribution in [1.29, 1.82) is 0 Å². The van der Waals surface area contributed by atoms with Crippen LogP contribution in [0.3, 0.4) is 0 Å². The highest BCUT2D eigenvalue weighted by molar-refractivity contribution is 6.19. The second-order valence-electron chi connectivity index (χ2n) is 3.68. The number of halogens is 4. The van der Waals surface area contributed by atoms with E-state index in [1.807, 2.05) is 0 Å². The van der Waals surface area contributed by atoms with Gasteiger partial charge < -0.3 is 19.7 Å². The van der Waals surface area contributed by atoms with E-state index >= 15 is 0 Å². The molecular formula is C10H18Cl4O4. The summed E-state index contributed by atoms with van der Waals surface area (Å²) in [6, 6.07) is 0. The molecule has 0 aromatic carbocycles. The van der Waals surface area contributed by atoms with Gasteiger partial charge in [0.05, 0.1) is 61.1 Å². The Bertz CT molecular complexity index is 181. The van der Waals surface area contributed by atoms with Crippen LogP contribution in [0.5, 0.6) is 0 Å². The molecule has 0 radical (unpaired) electrons. The first kappa shape index (κ1) is 19.0. The molecule has 0 amide bonds. The van der Waals surface area contributed by atoms with E-state index < -0.39 is 12.2 Å². The smallest absolute Gasteiger partial charge is 0.0989 e. The number of aliphatic hydroxyl groups is 2. The lowest BCUT2D eigenvalue weighted by Gasteiger charge is -2.10. The van der Waals surface area contributed by atoms with E-state index in [1.54, 1.807) is 0 Å². The predicted molar refractivity (Wildman–Crippen MR) is 74.4 cm³/mol. The number of hydrogen-bond acceptors (Lipinski definition) is 4. The Hall–Kier alpha value is 1.000. The van der Waals surface area contributed by atoms with E-state index in [2.05, 4.69) is 0 Å². The summed E-state index contributed by atoms with van der Waals surface area (Å²) < 4.78 is 9.82. The number of hydrogen-bond donors (Lipinski definition) is 2. The Labute approximate surface area is 127 Å². The molecule has 1 heterocycles. The van der Waals surface area contributed by atoms with Crippen molar-refractivity contribution in [3.63, 3.8) is 0 Å². The Morgan fingerprint density at radius 2 is 1.28 bits per heavy atom. The molecule has 4 atom stereocenters. The van der Waals surface area contributed by atoms with Gasteiger partial charge in [0, 0.05) is 0 Å². The molecule has 1 aliphatic rings. The molecule has 0 bridgehead atoms. The molecule has 0 aromatic heterocycles. The molecule has 1 fully saturated rings. The molecule has 4 nitrogen and oxygen atoms in total. The highest BCUT2D eigenvalue weighted by atomic mass is 35.5. The highest BCUT2D eigenvalue weighted by Crippen LogP contribution is 2.23. The normalized spacial score (nSPS) is 25.0. The lowest BCUT2D eigenvalue weighted by atomic mass is 10.4. The van der Waals surface area contributed by atoms with E-state index in [0.717, 1.165) is 0 Å². The molecule has 0 aromatic rings. The Kier molecular flexibility index (Phi) is 12.5. The molecule has 8 heteroatoms. The van der Waals surface area contributed by atoms with Crippen LogP contribution in [0.4, 0.5) is 0 Å². The number of rotatable bonds is 8. The standard InChI is InChI=1S/C6H12Cl2O3.C4H6Cl2O/c7-1-5(9)3-11-4-6(10)2-8;5-1-3-4(2-6)7-3/h5-6,9-10H,1-4H2;3-4H,1-2H2. The Balaban J connectivity index is 0.000000351. The van der Waals surface area contributed by atoms with Crippen LogP contribution in [0, 0.1) is 0 Å². The minimum Gasteiger partial charge on any atom is -0.389 e. The summed E-state index contributed by atoms with van der Waals surface area (Å²) in [5.74, 6) is 1.43. The predicted octanol–water partition coefficient (Wildman–Crippen LogP) is 1.43. The molecule has 18 heavy (non-hydrogen) atoms. The van der Waals surface area contributed by atoms with Crippen molar-refractivity contribution in [3.05, 3.63) is 0 Å². The van der Waals surface area contributed by atoms with E-state index in [0.29, 0.717) is 11.8 Å². The van der Waals surface area contributed by atoms with Gasteiger partial charge >= 0.3 is 0 Å². The zero-order chi connectivity index (χ0) is 14.0. The minimum atomic E-state index is -0.667. The van der Waals surface area contributed by atoms with Gasteiger partial charge in [-0.1, -0.05) is 0 Å². The first-order chi connectivity index (χ1) is 8.58. The lowest BCUT2D eigenvalue weighted by Crippen LogP contribution is -2.23. The summed E-state index contributed by atoms with van der Waals surface area (Å²) in [7, 11) is 0. The van der Waals surface area contributed by atoms with Crippen molar-refractivity contribution >= 4 is 46.4 Å². The van der Waals surface area contributed by atoms with Gasteiger partial charge in [-0.25, -0.2) is 0 Å². The van der Waals surface area contributed by atoms with Gasteiger partial charge in [0.1, 0.15) is 0 Å². The van der Waals surface area contributed by atoms with Gasteiger partial charge in [0.25, 0.3) is 0 Å². The van der Waals surface area contributed by atoms with E-state index in [1.165, 1.54) is 0 Å². The maximum Gasteiger partial charge on any atom is 0.0989 e. The quantitative estimate of drug-likeness (QED) is 0.517. The van der Waals surface area contributed by atoms with Crippen LogP contribution in [-0.4, -0.2) is 71.4 Å². The SMILES string of the molecule is ClCC1OC1CCl.OC(CCl)COCC(O)CCl. The summed E-state index contributed by atoms with van der Waals surface area (Å²) in [4.78, 5) is 0. The van der Waals surface area contributed by atoms with Crippen LogP contribution in [0.15, 0.2) is 0 Å². The van der Waals surface area contributed by atoms with Gasteiger partial charge in [-0.3, -0.25) is 0 Å². The topological polar surface area (TPSA) is 62.2 Å². The molecule has 4 unspecified atom stereocenters. The molecule has 110 valence electrons. The maximum absolute atomic E-state index is 8.87. The van der Waals surface area contributed by atoms with Gasteiger partial charge in [-0.2, -0.15) is 0 Å². The third-order valence-electron chi connectivity index (χ3n) is 1.97. The molecule has 1 saturated heterocycles. The largest absolute Gasteiger partial charge is 0.389 e. The third kappa shape index (κ3) is 9.87. The van der Waals surface area contributed by atoms with E-state index in [4.69, 9.17) is 66.1 Å². The lowest BCUT2D eigenvalue weighted by molar-refractivity contribution is 0.00593. The fraction of sp³-hybridized carbons (Fsp3) is 1.00. The van der Waals surface area contributed by atoms with Gasteiger partial charge in [0.2, 0.25) is 0 Å². The van der Waals surface area contributed by atoms with Crippen molar-refractivity contribution in [2.75, 3.05) is 36.7 Å². The number of aliphatic hydroxyl groups excluding tert-OH is 2. The average molecular weight is 344 g/mol. The molecule has 0 aliphatic carbocycles. The van der Waals surface area contributed by atoms with Crippen molar-refractivity contribution in [3.8, 4) is 0 Å². The maximum atomic E-state index is 8.87. The third-order valence-corrected chi connectivity index (χ3v) is 3.29. The molecule has 1 rings (SSSR count). The fourth-order valence-electron chi connectivity index (χ4n) is 0.880. The van der Waals surface area contributed by atoms with Crippen LogP contribution in [0.25, 0.3) is 0 Å². The Morgan fingerprint density at radius 1 is 0.889 bits per heavy atom. The first-order valence-electron chi connectivity index (χ1n) is 5.42. The minimum absolute atomic E-state index is 0.136. The van der Waals surface area contributed by atoms with Crippen molar-refractivity contribution in [1.82, 2.24) is 0 Å². The molecule has 2 N–H and O–H groups in total. The summed E-state index contributed by atoms with van der Waals surface area (Å²) in [6.45, 7) is 0.273. The second-order valence-corrected chi connectivity index (χ2v) is 4.91. The summed E-state index contributed by atoms with van der Waals surface area (Å²) in [5.41, 5.74) is 0. The molecule has 0 saturated carbocycles. The van der Waals surface area contributed by atoms with Crippen LogP contribution in [0.2, 0.25) is 0 Å². The highest BCUT2D eigenvalue weighted by Gasteiger charge is 2.36. The summed E-state index contributed by atoms with van der Waals surface area (Å²) in [6.07, 6.45) is -0.836. The second kappa shape index (κ2) is 11.8. The number of ether oxygens (including phenoxy) is 2. The summed E-state index contributed by atoms with van der Waals surface area (Å²) in [5, 5.41) is 17.7. The first-order valence-corrected chi connectivity index (χ1v) is 7.56. The van der Waals surface area contributed by atoms with Crippen LogP contribution >= 0.6 is 46.4 Å². The monoisotopic (exact) mass is 342 g/mol. The van der Waals surface area contributed by atoms with Crippen LogP contribution < -0.4 is 0 Å². The average Bonchev–Trinajstić information content (AvgIpc) is 3.17. The Morgan fingerprint density at radius 3 is 1.50 bits per heavy atom. The van der Waals surface area contributed by atoms with Crippen molar-refractivity contribution < 1.29 is 19.7 Å². The summed E-state index contributed by atoms with van der Waals surface area (Å²) >= 11 is 21.3.